The SMILES string of the molecule is [CH]C1=CC(C)(C)[N+](CCCC(=O)O)=c2cc3c(cc21)=Nc1cc2c(cc1O3)N(CC)C(C)(C)C=C2C. The van der Waals surface area contributed by atoms with Crippen molar-refractivity contribution in [2.45, 2.75) is 65.5 Å². The zero-order chi connectivity index (χ0) is 26.0. The Kier molecular flexibility index (Phi) is 5.62. The summed E-state index contributed by atoms with van der Waals surface area (Å²) in [6.07, 6.45) is 5.00. The first kappa shape index (κ1) is 24.3. The molecule has 3 aliphatic heterocycles. The number of benzene rings is 2. The van der Waals surface area contributed by atoms with Gasteiger partial charge in [-0.1, -0.05) is 6.08 Å². The molecule has 0 bridgehead atoms. The highest BCUT2D eigenvalue weighted by Crippen LogP contribution is 2.46. The van der Waals surface area contributed by atoms with Crippen molar-refractivity contribution < 1.29 is 14.6 Å². The van der Waals surface area contributed by atoms with Crippen molar-refractivity contribution >= 4 is 28.5 Å². The van der Waals surface area contributed by atoms with E-state index in [1.807, 2.05) is 18.2 Å². The lowest BCUT2D eigenvalue weighted by Gasteiger charge is -2.43. The molecule has 0 unspecified atom stereocenters. The van der Waals surface area contributed by atoms with Crippen LogP contribution in [-0.4, -0.2) is 35.2 Å². The van der Waals surface area contributed by atoms with Crippen molar-refractivity contribution in [3.63, 3.8) is 0 Å². The zero-order valence-corrected chi connectivity index (χ0v) is 22.0. The Morgan fingerprint density at radius 3 is 2.56 bits per heavy atom. The summed E-state index contributed by atoms with van der Waals surface area (Å²) < 4.78 is 8.69. The summed E-state index contributed by atoms with van der Waals surface area (Å²) in [7, 11) is 0. The second-order valence-electron chi connectivity index (χ2n) is 11.0. The number of hydrogen-bond acceptors (Lipinski definition) is 4. The normalized spacial score (nSPS) is 18.5. The number of likely N-dealkylation sites (N-methyl/N-ethyl adjacent to an activating group) is 1. The lowest BCUT2D eigenvalue weighted by atomic mass is 9.88. The Bertz CT molecular complexity index is 1480. The maximum atomic E-state index is 11.1. The number of allylic oxidation sites excluding steroid dienone is 2. The molecular formula is C30H34N3O3+. The molecule has 6 heteroatoms. The molecule has 0 fully saturated rings. The van der Waals surface area contributed by atoms with Crippen molar-refractivity contribution in [1.82, 2.24) is 4.58 Å². The van der Waals surface area contributed by atoms with Gasteiger partial charge in [0, 0.05) is 44.1 Å². The van der Waals surface area contributed by atoms with Crippen LogP contribution >= 0.6 is 0 Å². The quantitative estimate of drug-likeness (QED) is 0.517. The molecule has 186 valence electrons. The van der Waals surface area contributed by atoms with E-state index in [1.165, 1.54) is 11.1 Å². The van der Waals surface area contributed by atoms with Crippen LogP contribution < -0.4 is 24.9 Å². The molecule has 6 nitrogen and oxygen atoms in total. The number of carboxylic acids is 1. The molecule has 0 spiro atoms. The van der Waals surface area contributed by atoms with Crippen molar-refractivity contribution in [2.75, 3.05) is 18.0 Å². The van der Waals surface area contributed by atoms with E-state index in [1.54, 1.807) is 0 Å². The molecule has 0 atom stereocenters. The minimum absolute atomic E-state index is 0.0885. The van der Waals surface area contributed by atoms with Gasteiger partial charge < -0.3 is 14.7 Å². The van der Waals surface area contributed by atoms with Crippen molar-refractivity contribution in [2.24, 2.45) is 4.99 Å². The van der Waals surface area contributed by atoms with Gasteiger partial charge in [-0.3, -0.25) is 4.79 Å². The first-order valence-corrected chi connectivity index (χ1v) is 12.6. The fraction of sp³-hybridized carbons (Fsp3) is 0.400. The van der Waals surface area contributed by atoms with Crippen LogP contribution in [0.2, 0.25) is 0 Å². The standard InChI is InChI=1S/C30H33N3O3/c1-8-32-24-14-26-22(12-20(24)18(2)16-29(32,4)5)31-23-13-21-19(3)17-30(6,7)33(11-9-10-28(34)35)25(21)15-27(23)36-26/h3,12-17H,8-11H2,1-2,4-7H3/p+1. The number of aliphatic carboxylic acids is 1. The average Bonchev–Trinajstić information content (AvgIpc) is 2.77. The Balaban J connectivity index is 1.67. The van der Waals surface area contributed by atoms with Crippen molar-refractivity contribution in [1.29, 1.82) is 0 Å². The lowest BCUT2D eigenvalue weighted by molar-refractivity contribution is -0.137. The zero-order valence-electron chi connectivity index (χ0n) is 22.0. The van der Waals surface area contributed by atoms with Gasteiger partial charge in [-0.05, 0) is 64.0 Å². The Labute approximate surface area is 212 Å². The molecule has 2 aromatic rings. The number of hydrogen-bond donors (Lipinski definition) is 1. The monoisotopic (exact) mass is 484 g/mol. The van der Waals surface area contributed by atoms with Gasteiger partial charge in [-0.25, -0.2) is 9.57 Å². The van der Waals surface area contributed by atoms with Gasteiger partial charge in [0.15, 0.2) is 17.0 Å². The number of rotatable bonds is 5. The maximum Gasteiger partial charge on any atom is 0.303 e. The van der Waals surface area contributed by atoms with Crippen LogP contribution in [0, 0.1) is 6.92 Å². The van der Waals surface area contributed by atoms with Crippen molar-refractivity contribution in [3.05, 3.63) is 65.2 Å². The Morgan fingerprint density at radius 1 is 1.11 bits per heavy atom. The van der Waals surface area contributed by atoms with Gasteiger partial charge >= 0.3 is 5.97 Å². The highest BCUT2D eigenvalue weighted by atomic mass is 16.5. The van der Waals surface area contributed by atoms with E-state index in [4.69, 9.17) is 21.8 Å². The molecule has 5 rings (SSSR count). The maximum absolute atomic E-state index is 11.1. The number of ether oxygens (including phenoxy) is 1. The summed E-state index contributed by atoms with van der Waals surface area (Å²) in [4.78, 5) is 18.5. The predicted molar refractivity (Wildman–Crippen MR) is 143 cm³/mol. The summed E-state index contributed by atoms with van der Waals surface area (Å²) in [6, 6.07) is 8.23. The van der Waals surface area contributed by atoms with Crippen LogP contribution in [0.1, 0.15) is 65.5 Å². The first-order valence-electron chi connectivity index (χ1n) is 12.6. The molecule has 2 radical (unpaired) electrons. The highest BCUT2D eigenvalue weighted by Gasteiger charge is 2.35. The van der Waals surface area contributed by atoms with Crippen LogP contribution in [0.5, 0.6) is 11.5 Å². The molecule has 0 saturated carbocycles. The van der Waals surface area contributed by atoms with Crippen LogP contribution in [0.15, 0.2) is 41.4 Å². The Hall–Kier alpha value is -3.41. The van der Waals surface area contributed by atoms with E-state index in [-0.39, 0.29) is 17.5 Å². The topological polar surface area (TPSA) is 65.1 Å². The minimum Gasteiger partial charge on any atom is -0.481 e. The van der Waals surface area contributed by atoms with E-state index in [0.717, 1.165) is 39.9 Å². The van der Waals surface area contributed by atoms with Gasteiger partial charge in [0.2, 0.25) is 5.36 Å². The van der Waals surface area contributed by atoms with Crippen LogP contribution in [0.3, 0.4) is 0 Å². The van der Waals surface area contributed by atoms with E-state index < -0.39 is 5.97 Å². The number of fused-ring (bicyclic) bond motifs is 4. The lowest BCUT2D eigenvalue weighted by Crippen LogP contribution is -2.50. The smallest absolute Gasteiger partial charge is 0.303 e. The first-order chi connectivity index (χ1) is 16.9. The van der Waals surface area contributed by atoms with Gasteiger partial charge in [-0.2, -0.15) is 0 Å². The highest BCUT2D eigenvalue weighted by molar-refractivity contribution is 5.85. The molecule has 36 heavy (non-hydrogen) atoms. The molecule has 0 aliphatic carbocycles. The number of nitrogens with zero attached hydrogens (tertiary/aromatic N) is 3. The molecule has 0 amide bonds. The second-order valence-corrected chi connectivity index (χ2v) is 11.0. The average molecular weight is 485 g/mol. The van der Waals surface area contributed by atoms with Gasteiger partial charge in [0.25, 0.3) is 0 Å². The molecule has 3 heterocycles. The summed E-state index contributed by atoms with van der Waals surface area (Å²) in [5, 5.41) is 10.8. The summed E-state index contributed by atoms with van der Waals surface area (Å²) in [6.45, 7) is 20.9. The molecule has 0 saturated heterocycles. The summed E-state index contributed by atoms with van der Waals surface area (Å²) in [5.74, 6) is 0.628. The number of anilines is 1. The van der Waals surface area contributed by atoms with E-state index >= 15 is 0 Å². The fourth-order valence-electron chi connectivity index (χ4n) is 5.91. The molecular weight excluding hydrogens is 450 g/mol. The van der Waals surface area contributed by atoms with Crippen molar-refractivity contribution in [3.8, 4) is 11.5 Å². The van der Waals surface area contributed by atoms with E-state index in [2.05, 4.69) is 69.2 Å². The third-order valence-electron chi connectivity index (χ3n) is 7.49. The molecule has 0 aromatic heterocycles. The van der Waals surface area contributed by atoms with Crippen LogP contribution in [0.4, 0.5) is 11.4 Å². The molecule has 3 aliphatic rings. The summed E-state index contributed by atoms with van der Waals surface area (Å²) in [5.41, 5.74) is 5.52. The summed E-state index contributed by atoms with van der Waals surface area (Å²) >= 11 is 0. The number of carbonyl (C=O) groups is 1. The van der Waals surface area contributed by atoms with Gasteiger partial charge in [0.05, 0.1) is 23.6 Å². The van der Waals surface area contributed by atoms with Gasteiger partial charge in [-0.15, -0.1) is 0 Å². The third-order valence-corrected chi connectivity index (χ3v) is 7.49. The second kappa shape index (κ2) is 8.32. The minimum atomic E-state index is -0.790. The predicted octanol–water partition coefficient (Wildman–Crippen LogP) is 5.01. The van der Waals surface area contributed by atoms with E-state index in [9.17, 15) is 4.79 Å². The molecule has 1 N–H and O–H groups in total. The van der Waals surface area contributed by atoms with Crippen LogP contribution in [-0.2, 0) is 4.79 Å². The fourth-order valence-corrected chi connectivity index (χ4v) is 5.91. The Morgan fingerprint density at radius 2 is 1.86 bits per heavy atom. The number of carboxylic acid groups (broad SMARTS) is 1. The largest absolute Gasteiger partial charge is 0.481 e. The third kappa shape index (κ3) is 3.93. The van der Waals surface area contributed by atoms with Crippen LogP contribution in [0.25, 0.3) is 11.1 Å². The van der Waals surface area contributed by atoms with Gasteiger partial charge in [0.1, 0.15) is 17.6 Å². The molecule has 2 aromatic carbocycles. The van der Waals surface area contributed by atoms with E-state index in [0.29, 0.717) is 24.3 Å².